The van der Waals surface area contributed by atoms with Crippen LogP contribution in [0.5, 0.6) is 0 Å². The van der Waals surface area contributed by atoms with Crippen LogP contribution in [-0.4, -0.2) is 12.5 Å². The van der Waals surface area contributed by atoms with Gasteiger partial charge in [0.15, 0.2) is 0 Å². The summed E-state index contributed by atoms with van der Waals surface area (Å²) in [5, 5.41) is 2.77. The van der Waals surface area contributed by atoms with E-state index in [2.05, 4.69) is 19.2 Å². The standard InChI is InChI=1S/C11H23NO/c1-3-4-5-6-7-8-9-11(2)12-10-13/h10-11H,3-9H2,1-2H3,(H,12,13). The molecule has 0 aliphatic carbocycles. The fourth-order valence-electron chi connectivity index (χ4n) is 1.43. The van der Waals surface area contributed by atoms with Crippen LogP contribution in [0, 0.1) is 0 Å². The average molecular weight is 185 g/mol. The number of hydrogen-bond acceptors (Lipinski definition) is 1. The van der Waals surface area contributed by atoms with Crippen molar-refractivity contribution < 1.29 is 4.79 Å². The monoisotopic (exact) mass is 185 g/mol. The van der Waals surface area contributed by atoms with E-state index in [0.29, 0.717) is 6.04 Å². The highest BCUT2D eigenvalue weighted by molar-refractivity contribution is 5.46. The molecule has 1 unspecified atom stereocenters. The molecule has 0 heterocycles. The highest BCUT2D eigenvalue weighted by Crippen LogP contribution is 2.07. The first-order chi connectivity index (χ1) is 6.31. The Hall–Kier alpha value is -0.530. The summed E-state index contributed by atoms with van der Waals surface area (Å²) in [6.45, 7) is 4.29. The van der Waals surface area contributed by atoms with Gasteiger partial charge in [-0.3, -0.25) is 4.79 Å². The fourth-order valence-corrected chi connectivity index (χ4v) is 1.43. The summed E-state index contributed by atoms with van der Waals surface area (Å²) in [4.78, 5) is 10.1. The zero-order valence-electron chi connectivity index (χ0n) is 9.01. The Balaban J connectivity index is 3.01. The Morgan fingerprint density at radius 1 is 1.15 bits per heavy atom. The van der Waals surface area contributed by atoms with Gasteiger partial charge in [-0.25, -0.2) is 0 Å². The van der Waals surface area contributed by atoms with Crippen LogP contribution >= 0.6 is 0 Å². The van der Waals surface area contributed by atoms with Gasteiger partial charge in [0.1, 0.15) is 0 Å². The second kappa shape index (κ2) is 9.56. The van der Waals surface area contributed by atoms with Crippen molar-refractivity contribution in [3.63, 3.8) is 0 Å². The zero-order valence-corrected chi connectivity index (χ0v) is 9.01. The summed E-state index contributed by atoms with van der Waals surface area (Å²) in [7, 11) is 0. The Labute approximate surface area is 82.1 Å². The first kappa shape index (κ1) is 12.5. The largest absolute Gasteiger partial charge is 0.356 e. The van der Waals surface area contributed by atoms with E-state index in [0.717, 1.165) is 12.8 Å². The molecular weight excluding hydrogens is 162 g/mol. The quantitative estimate of drug-likeness (QED) is 0.434. The van der Waals surface area contributed by atoms with Crippen molar-refractivity contribution >= 4 is 6.41 Å². The minimum atomic E-state index is 0.351. The van der Waals surface area contributed by atoms with Gasteiger partial charge in [-0.1, -0.05) is 45.4 Å². The summed E-state index contributed by atoms with van der Waals surface area (Å²) in [6, 6.07) is 0.351. The van der Waals surface area contributed by atoms with E-state index in [1.807, 2.05) is 0 Å². The molecule has 1 atom stereocenters. The smallest absolute Gasteiger partial charge is 0.207 e. The van der Waals surface area contributed by atoms with Crippen LogP contribution in [0.2, 0.25) is 0 Å². The SMILES string of the molecule is CCCCCCCCC(C)NC=O. The van der Waals surface area contributed by atoms with E-state index in [1.165, 1.54) is 38.5 Å². The zero-order chi connectivity index (χ0) is 9.94. The highest BCUT2D eigenvalue weighted by atomic mass is 16.1. The number of unbranched alkanes of at least 4 members (excludes halogenated alkanes) is 5. The van der Waals surface area contributed by atoms with Crippen molar-refractivity contribution in [2.45, 2.75) is 64.8 Å². The second-order valence-electron chi connectivity index (χ2n) is 3.74. The van der Waals surface area contributed by atoms with Gasteiger partial charge >= 0.3 is 0 Å². The minimum Gasteiger partial charge on any atom is -0.356 e. The lowest BCUT2D eigenvalue weighted by molar-refractivity contribution is -0.110. The lowest BCUT2D eigenvalue weighted by atomic mass is 10.1. The van der Waals surface area contributed by atoms with E-state index < -0.39 is 0 Å². The van der Waals surface area contributed by atoms with Gasteiger partial charge in [0, 0.05) is 6.04 Å². The molecule has 13 heavy (non-hydrogen) atoms. The van der Waals surface area contributed by atoms with Gasteiger partial charge in [-0.2, -0.15) is 0 Å². The second-order valence-corrected chi connectivity index (χ2v) is 3.74. The molecule has 1 N–H and O–H groups in total. The number of carbonyl (C=O) groups is 1. The van der Waals surface area contributed by atoms with Crippen LogP contribution in [0.15, 0.2) is 0 Å². The number of nitrogens with one attached hydrogen (secondary N) is 1. The maximum Gasteiger partial charge on any atom is 0.207 e. The molecule has 0 fully saturated rings. The lowest BCUT2D eigenvalue weighted by Crippen LogP contribution is -2.23. The molecule has 1 amide bonds. The molecule has 0 aromatic carbocycles. The Bertz CT molecular complexity index is 115. The molecule has 78 valence electrons. The third-order valence-corrected chi connectivity index (χ3v) is 2.34. The molecule has 2 nitrogen and oxygen atoms in total. The van der Waals surface area contributed by atoms with E-state index in [-0.39, 0.29) is 0 Å². The summed E-state index contributed by atoms with van der Waals surface area (Å²) >= 11 is 0. The molecule has 0 saturated heterocycles. The van der Waals surface area contributed by atoms with Crippen molar-refractivity contribution in [3.8, 4) is 0 Å². The van der Waals surface area contributed by atoms with Crippen LogP contribution in [0.1, 0.15) is 58.8 Å². The summed E-state index contributed by atoms with van der Waals surface area (Å²) < 4.78 is 0. The molecule has 0 rings (SSSR count). The molecule has 0 aliphatic heterocycles. The maximum atomic E-state index is 10.1. The van der Waals surface area contributed by atoms with E-state index >= 15 is 0 Å². The normalized spacial score (nSPS) is 12.5. The molecule has 0 saturated carbocycles. The number of rotatable bonds is 9. The van der Waals surface area contributed by atoms with Gasteiger partial charge in [-0.05, 0) is 13.3 Å². The van der Waals surface area contributed by atoms with Gasteiger partial charge in [0.2, 0.25) is 6.41 Å². The van der Waals surface area contributed by atoms with Crippen molar-refractivity contribution in [2.24, 2.45) is 0 Å². The Kier molecular flexibility index (Phi) is 9.17. The Morgan fingerprint density at radius 3 is 2.38 bits per heavy atom. The number of carbonyl (C=O) groups excluding carboxylic acids is 1. The molecule has 0 bridgehead atoms. The van der Waals surface area contributed by atoms with Gasteiger partial charge < -0.3 is 5.32 Å². The number of hydrogen-bond donors (Lipinski definition) is 1. The summed E-state index contributed by atoms with van der Waals surface area (Å²) in [5.41, 5.74) is 0. The predicted octanol–water partition coefficient (Wildman–Crippen LogP) is 2.87. The molecule has 0 radical (unpaired) electrons. The molecule has 0 aromatic rings. The third-order valence-electron chi connectivity index (χ3n) is 2.34. The van der Waals surface area contributed by atoms with Crippen LogP contribution in [0.25, 0.3) is 0 Å². The minimum absolute atomic E-state index is 0.351. The third kappa shape index (κ3) is 9.38. The highest BCUT2D eigenvalue weighted by Gasteiger charge is 1.98. The van der Waals surface area contributed by atoms with Crippen molar-refractivity contribution in [3.05, 3.63) is 0 Å². The lowest BCUT2D eigenvalue weighted by Gasteiger charge is -2.08. The van der Waals surface area contributed by atoms with Crippen LogP contribution < -0.4 is 5.32 Å². The average Bonchev–Trinajstić information content (AvgIpc) is 2.11. The Morgan fingerprint density at radius 2 is 1.77 bits per heavy atom. The van der Waals surface area contributed by atoms with Crippen molar-refractivity contribution in [2.75, 3.05) is 0 Å². The van der Waals surface area contributed by atoms with Crippen LogP contribution in [0.3, 0.4) is 0 Å². The number of amides is 1. The fraction of sp³-hybridized carbons (Fsp3) is 0.909. The van der Waals surface area contributed by atoms with E-state index in [1.54, 1.807) is 0 Å². The van der Waals surface area contributed by atoms with Gasteiger partial charge in [0.25, 0.3) is 0 Å². The topological polar surface area (TPSA) is 29.1 Å². The van der Waals surface area contributed by atoms with Crippen LogP contribution in [0.4, 0.5) is 0 Å². The first-order valence-electron chi connectivity index (χ1n) is 5.51. The van der Waals surface area contributed by atoms with Crippen LogP contribution in [-0.2, 0) is 4.79 Å². The van der Waals surface area contributed by atoms with E-state index in [9.17, 15) is 4.79 Å². The molecule has 0 spiro atoms. The first-order valence-corrected chi connectivity index (χ1v) is 5.51. The maximum absolute atomic E-state index is 10.1. The summed E-state index contributed by atoms with van der Waals surface area (Å²) in [6.07, 6.45) is 9.85. The summed E-state index contributed by atoms with van der Waals surface area (Å²) in [5.74, 6) is 0. The molecule has 0 aromatic heterocycles. The molecule has 2 heteroatoms. The van der Waals surface area contributed by atoms with Crippen molar-refractivity contribution in [1.82, 2.24) is 5.32 Å². The van der Waals surface area contributed by atoms with E-state index in [4.69, 9.17) is 0 Å². The molecular formula is C11H23NO. The predicted molar refractivity (Wildman–Crippen MR) is 56.7 cm³/mol. The van der Waals surface area contributed by atoms with Crippen molar-refractivity contribution in [1.29, 1.82) is 0 Å². The van der Waals surface area contributed by atoms with Gasteiger partial charge in [0.05, 0.1) is 0 Å². The molecule has 0 aliphatic rings. The van der Waals surface area contributed by atoms with Gasteiger partial charge in [-0.15, -0.1) is 0 Å².